The van der Waals surface area contributed by atoms with Crippen molar-refractivity contribution in [2.24, 2.45) is 5.92 Å². The van der Waals surface area contributed by atoms with Gasteiger partial charge in [0.05, 0.1) is 19.1 Å². The highest BCUT2D eigenvalue weighted by molar-refractivity contribution is 5.85. The van der Waals surface area contributed by atoms with E-state index in [9.17, 15) is 9.59 Å². The van der Waals surface area contributed by atoms with Crippen molar-refractivity contribution in [3.05, 3.63) is 29.8 Å². The number of rotatable bonds is 5. The highest BCUT2D eigenvalue weighted by Gasteiger charge is 2.41. The van der Waals surface area contributed by atoms with Gasteiger partial charge in [0, 0.05) is 24.6 Å². The molecule has 1 aromatic rings. The molecule has 1 saturated heterocycles. The molecule has 0 spiro atoms. The van der Waals surface area contributed by atoms with Crippen LogP contribution in [0.1, 0.15) is 50.6 Å². The third-order valence-corrected chi connectivity index (χ3v) is 5.29. The van der Waals surface area contributed by atoms with Crippen LogP contribution in [0.4, 0.5) is 0 Å². The normalized spacial score (nSPS) is 24.4. The third-order valence-electron chi connectivity index (χ3n) is 5.29. The van der Waals surface area contributed by atoms with E-state index in [1.807, 2.05) is 36.1 Å². The van der Waals surface area contributed by atoms with E-state index in [1.54, 1.807) is 7.11 Å². The molecule has 130 valence electrons. The second kappa shape index (κ2) is 7.24. The first-order chi connectivity index (χ1) is 11.7. The zero-order chi connectivity index (χ0) is 17.1. The van der Waals surface area contributed by atoms with E-state index in [1.165, 1.54) is 6.42 Å². The van der Waals surface area contributed by atoms with Crippen molar-refractivity contribution in [2.75, 3.05) is 13.7 Å². The summed E-state index contributed by atoms with van der Waals surface area (Å²) in [5, 5.41) is 3.17. The van der Waals surface area contributed by atoms with E-state index < -0.39 is 0 Å². The van der Waals surface area contributed by atoms with E-state index in [-0.39, 0.29) is 23.8 Å². The third kappa shape index (κ3) is 3.12. The smallest absolute Gasteiger partial charge is 0.225 e. The fourth-order valence-corrected chi connectivity index (χ4v) is 3.76. The summed E-state index contributed by atoms with van der Waals surface area (Å²) >= 11 is 0. The van der Waals surface area contributed by atoms with Crippen molar-refractivity contribution >= 4 is 11.8 Å². The number of nitrogens with zero attached hydrogens (tertiary/aromatic N) is 1. The first kappa shape index (κ1) is 16.8. The number of carbonyl (C=O) groups excluding carboxylic acids is 2. The lowest BCUT2D eigenvalue weighted by Crippen LogP contribution is -2.50. The largest absolute Gasteiger partial charge is 0.496 e. The van der Waals surface area contributed by atoms with E-state index >= 15 is 0 Å². The molecule has 0 bridgehead atoms. The average Bonchev–Trinajstić information content (AvgIpc) is 2.57. The van der Waals surface area contributed by atoms with Gasteiger partial charge in [-0.25, -0.2) is 0 Å². The second-order valence-corrected chi connectivity index (χ2v) is 6.65. The average molecular weight is 330 g/mol. The van der Waals surface area contributed by atoms with Gasteiger partial charge in [-0.15, -0.1) is 0 Å². The molecule has 2 amide bonds. The van der Waals surface area contributed by atoms with Crippen molar-refractivity contribution in [3.8, 4) is 5.75 Å². The monoisotopic (exact) mass is 330 g/mol. The van der Waals surface area contributed by atoms with Crippen LogP contribution in [0.3, 0.4) is 0 Å². The molecule has 0 unspecified atom stereocenters. The number of benzene rings is 1. The molecule has 1 saturated carbocycles. The van der Waals surface area contributed by atoms with Crippen LogP contribution in [0.2, 0.25) is 0 Å². The van der Waals surface area contributed by atoms with Gasteiger partial charge in [0.1, 0.15) is 5.75 Å². The Morgan fingerprint density at radius 2 is 2.04 bits per heavy atom. The molecular formula is C19H26N2O3. The van der Waals surface area contributed by atoms with Gasteiger partial charge < -0.3 is 15.0 Å². The first-order valence-electron chi connectivity index (χ1n) is 8.88. The number of hydrogen-bond acceptors (Lipinski definition) is 3. The summed E-state index contributed by atoms with van der Waals surface area (Å²) in [6.45, 7) is 2.56. The SMILES string of the molecule is CCN1C(=O)CC[C@@H](C(=O)NC2CCC2)[C@@H]1c1ccccc1OC. The molecule has 3 rings (SSSR count). The number of likely N-dealkylation sites (tertiary alicyclic amines) is 1. The summed E-state index contributed by atoms with van der Waals surface area (Å²) in [6.07, 6.45) is 4.34. The van der Waals surface area contributed by atoms with Crippen LogP contribution in [0.15, 0.2) is 24.3 Å². The Kier molecular flexibility index (Phi) is 5.07. The molecule has 1 aliphatic heterocycles. The summed E-state index contributed by atoms with van der Waals surface area (Å²) in [5.41, 5.74) is 0.920. The highest BCUT2D eigenvalue weighted by atomic mass is 16.5. The quantitative estimate of drug-likeness (QED) is 0.903. The Bertz CT molecular complexity index is 612. The minimum Gasteiger partial charge on any atom is -0.496 e. The molecule has 1 heterocycles. The molecule has 2 aliphatic rings. The Hall–Kier alpha value is -2.04. The van der Waals surface area contributed by atoms with Gasteiger partial charge >= 0.3 is 0 Å². The molecule has 5 nitrogen and oxygen atoms in total. The van der Waals surface area contributed by atoms with Gasteiger partial charge in [-0.05, 0) is 38.7 Å². The van der Waals surface area contributed by atoms with Gasteiger partial charge in [0.15, 0.2) is 0 Å². The summed E-state index contributed by atoms with van der Waals surface area (Å²) < 4.78 is 5.50. The summed E-state index contributed by atoms with van der Waals surface area (Å²) in [5.74, 6) is 0.694. The summed E-state index contributed by atoms with van der Waals surface area (Å²) in [4.78, 5) is 27.1. The van der Waals surface area contributed by atoms with Crippen molar-refractivity contribution in [1.82, 2.24) is 10.2 Å². The molecular weight excluding hydrogens is 304 g/mol. The second-order valence-electron chi connectivity index (χ2n) is 6.65. The first-order valence-corrected chi connectivity index (χ1v) is 8.88. The fraction of sp³-hybridized carbons (Fsp3) is 0.579. The van der Waals surface area contributed by atoms with Crippen LogP contribution in [-0.2, 0) is 9.59 Å². The van der Waals surface area contributed by atoms with Gasteiger partial charge in [-0.2, -0.15) is 0 Å². The highest BCUT2D eigenvalue weighted by Crippen LogP contribution is 2.40. The minimum atomic E-state index is -0.257. The maximum Gasteiger partial charge on any atom is 0.225 e. The van der Waals surface area contributed by atoms with Crippen LogP contribution in [0, 0.1) is 5.92 Å². The van der Waals surface area contributed by atoms with E-state index in [0.717, 1.165) is 24.2 Å². The number of para-hydroxylation sites is 1. The van der Waals surface area contributed by atoms with E-state index in [2.05, 4.69) is 5.32 Å². The van der Waals surface area contributed by atoms with Gasteiger partial charge in [-0.1, -0.05) is 18.2 Å². The van der Waals surface area contributed by atoms with Gasteiger partial charge in [0.25, 0.3) is 0 Å². The molecule has 0 radical (unpaired) electrons. The van der Waals surface area contributed by atoms with Crippen LogP contribution in [0.25, 0.3) is 0 Å². The number of nitrogens with one attached hydrogen (secondary N) is 1. The Morgan fingerprint density at radius 1 is 1.29 bits per heavy atom. The Morgan fingerprint density at radius 3 is 2.67 bits per heavy atom. The van der Waals surface area contributed by atoms with Crippen molar-refractivity contribution < 1.29 is 14.3 Å². The zero-order valence-electron chi connectivity index (χ0n) is 14.5. The molecule has 24 heavy (non-hydrogen) atoms. The maximum atomic E-state index is 12.9. The number of hydrogen-bond donors (Lipinski definition) is 1. The fourth-order valence-electron chi connectivity index (χ4n) is 3.76. The number of carbonyl (C=O) groups is 2. The van der Waals surface area contributed by atoms with Crippen molar-refractivity contribution in [2.45, 2.75) is 51.1 Å². The molecule has 0 aromatic heterocycles. The molecule has 1 N–H and O–H groups in total. The maximum absolute atomic E-state index is 12.9. The lowest BCUT2D eigenvalue weighted by molar-refractivity contribution is -0.143. The molecule has 5 heteroatoms. The van der Waals surface area contributed by atoms with Crippen molar-refractivity contribution in [3.63, 3.8) is 0 Å². The molecule has 2 fully saturated rings. The standard InChI is InChI=1S/C19H26N2O3/c1-3-21-17(22)12-11-15(19(23)20-13-7-6-8-13)18(21)14-9-4-5-10-16(14)24-2/h4-5,9-10,13,15,18H,3,6-8,11-12H2,1-2H3,(H,20,23)/t15-,18+/m1/s1. The molecule has 1 aliphatic carbocycles. The molecule has 1 aromatic carbocycles. The lowest BCUT2D eigenvalue weighted by Gasteiger charge is -2.41. The summed E-state index contributed by atoms with van der Waals surface area (Å²) in [6, 6.07) is 7.76. The summed E-state index contributed by atoms with van der Waals surface area (Å²) in [7, 11) is 1.63. The number of amides is 2. The predicted octanol–water partition coefficient (Wildman–Crippen LogP) is 2.66. The number of piperidine rings is 1. The van der Waals surface area contributed by atoms with E-state index in [0.29, 0.717) is 25.4 Å². The topological polar surface area (TPSA) is 58.6 Å². The van der Waals surface area contributed by atoms with Crippen LogP contribution < -0.4 is 10.1 Å². The van der Waals surface area contributed by atoms with E-state index in [4.69, 9.17) is 4.74 Å². The van der Waals surface area contributed by atoms with Crippen LogP contribution >= 0.6 is 0 Å². The van der Waals surface area contributed by atoms with Crippen molar-refractivity contribution in [1.29, 1.82) is 0 Å². The Balaban J connectivity index is 1.92. The van der Waals surface area contributed by atoms with Crippen LogP contribution in [0.5, 0.6) is 5.75 Å². The predicted molar refractivity (Wildman–Crippen MR) is 91.6 cm³/mol. The number of methoxy groups -OCH3 is 1. The Labute approximate surface area is 143 Å². The molecule has 2 atom stereocenters. The number of ether oxygens (including phenoxy) is 1. The van der Waals surface area contributed by atoms with Gasteiger partial charge in [0.2, 0.25) is 11.8 Å². The lowest BCUT2D eigenvalue weighted by atomic mass is 9.82. The van der Waals surface area contributed by atoms with Crippen LogP contribution in [-0.4, -0.2) is 36.4 Å². The van der Waals surface area contributed by atoms with Gasteiger partial charge in [-0.3, -0.25) is 9.59 Å². The zero-order valence-corrected chi connectivity index (χ0v) is 14.5. The minimum absolute atomic E-state index is 0.0709.